The fraction of sp³-hybridized carbons (Fsp3) is 0.355. The van der Waals surface area contributed by atoms with E-state index < -0.39 is 6.36 Å². The van der Waals surface area contributed by atoms with E-state index >= 15 is 0 Å². The highest BCUT2D eigenvalue weighted by Crippen LogP contribution is 2.31. The van der Waals surface area contributed by atoms with Crippen molar-refractivity contribution in [3.63, 3.8) is 0 Å². The smallest absolute Gasteiger partial charge is 0.406 e. The van der Waals surface area contributed by atoms with Gasteiger partial charge in [0.25, 0.3) is 5.91 Å². The monoisotopic (exact) mass is 533 g/mol. The van der Waals surface area contributed by atoms with Crippen LogP contribution in [0.2, 0.25) is 0 Å². The van der Waals surface area contributed by atoms with E-state index in [0.717, 1.165) is 61.2 Å². The molecule has 0 unspecified atom stereocenters. The quantitative estimate of drug-likeness (QED) is 0.354. The summed E-state index contributed by atoms with van der Waals surface area (Å²) in [6.07, 6.45) is -1.52. The van der Waals surface area contributed by atoms with Crippen molar-refractivity contribution >= 4 is 5.91 Å². The zero-order valence-electron chi connectivity index (χ0n) is 21.8. The van der Waals surface area contributed by atoms with Crippen molar-refractivity contribution in [1.82, 2.24) is 9.80 Å². The fourth-order valence-electron chi connectivity index (χ4n) is 5.69. The van der Waals surface area contributed by atoms with Crippen LogP contribution in [0.5, 0.6) is 5.75 Å². The van der Waals surface area contributed by atoms with Crippen LogP contribution < -0.4 is 4.74 Å². The van der Waals surface area contributed by atoms with E-state index in [1.807, 2.05) is 31.2 Å². The predicted octanol–water partition coefficient (Wildman–Crippen LogP) is 6.38. The highest BCUT2D eigenvalue weighted by Gasteiger charge is 2.32. The topological polar surface area (TPSA) is 56.6 Å². The predicted molar refractivity (Wildman–Crippen MR) is 141 cm³/mol. The van der Waals surface area contributed by atoms with E-state index in [1.165, 1.54) is 23.3 Å². The number of nitriles is 1. The molecule has 0 bridgehead atoms. The Morgan fingerprint density at radius 2 is 1.59 bits per heavy atom. The van der Waals surface area contributed by atoms with Gasteiger partial charge in [0, 0.05) is 25.2 Å². The van der Waals surface area contributed by atoms with Crippen LogP contribution in [-0.4, -0.2) is 35.2 Å². The Balaban J connectivity index is 1.16. The van der Waals surface area contributed by atoms with Crippen molar-refractivity contribution in [3.05, 3.63) is 99.6 Å². The molecule has 0 saturated carbocycles. The molecule has 39 heavy (non-hydrogen) atoms. The summed E-state index contributed by atoms with van der Waals surface area (Å²) in [6, 6.07) is 19.9. The molecule has 3 aromatic carbocycles. The lowest BCUT2D eigenvalue weighted by Gasteiger charge is -2.32. The molecule has 1 saturated heterocycles. The molecular formula is C31H30F3N3O2. The van der Waals surface area contributed by atoms with Gasteiger partial charge in [-0.3, -0.25) is 9.69 Å². The molecule has 0 radical (unpaired) electrons. The van der Waals surface area contributed by atoms with Crippen LogP contribution in [0.15, 0.2) is 60.7 Å². The number of aryl methyl sites for hydroxylation is 1. The molecule has 0 aliphatic carbocycles. The summed E-state index contributed by atoms with van der Waals surface area (Å²) in [5.74, 6) is 0.272. The second-order valence-corrected chi connectivity index (χ2v) is 10.5. The number of hydrogen-bond acceptors (Lipinski definition) is 4. The lowest BCUT2D eigenvalue weighted by Crippen LogP contribution is -2.33. The lowest BCUT2D eigenvalue weighted by atomic mass is 9.88. The summed E-state index contributed by atoms with van der Waals surface area (Å²) in [4.78, 5) is 17.3. The first-order chi connectivity index (χ1) is 18.7. The largest absolute Gasteiger partial charge is 0.573 e. The number of nitrogens with zero attached hydrogens (tertiary/aromatic N) is 3. The number of carbonyl (C=O) groups excluding carboxylic acids is 1. The molecule has 3 aromatic rings. The number of halogens is 3. The van der Waals surface area contributed by atoms with Crippen molar-refractivity contribution < 1.29 is 22.7 Å². The van der Waals surface area contributed by atoms with Crippen LogP contribution in [0.3, 0.4) is 0 Å². The molecule has 1 amide bonds. The number of piperidine rings is 1. The molecule has 1 fully saturated rings. The molecule has 2 aliphatic heterocycles. The Bertz CT molecular complexity index is 1370. The number of hydrogen-bond donors (Lipinski definition) is 0. The second-order valence-electron chi connectivity index (χ2n) is 10.5. The minimum atomic E-state index is -4.73. The van der Waals surface area contributed by atoms with E-state index in [2.05, 4.69) is 27.8 Å². The fourth-order valence-corrected chi connectivity index (χ4v) is 5.69. The highest BCUT2D eigenvalue weighted by molar-refractivity contribution is 5.99. The van der Waals surface area contributed by atoms with Crippen molar-refractivity contribution in [1.29, 1.82) is 5.26 Å². The van der Waals surface area contributed by atoms with Gasteiger partial charge in [-0.25, -0.2) is 0 Å². The second kappa shape index (κ2) is 11.1. The van der Waals surface area contributed by atoms with Crippen molar-refractivity contribution in [2.24, 2.45) is 5.92 Å². The van der Waals surface area contributed by atoms with Crippen molar-refractivity contribution in [2.75, 3.05) is 13.1 Å². The molecule has 0 N–H and O–H groups in total. The van der Waals surface area contributed by atoms with Crippen LogP contribution in [0.1, 0.15) is 56.6 Å². The van der Waals surface area contributed by atoms with Crippen LogP contribution in [-0.2, 0) is 26.1 Å². The first-order valence-corrected chi connectivity index (χ1v) is 13.1. The minimum absolute atomic E-state index is 0.0409. The zero-order chi connectivity index (χ0) is 27.6. The van der Waals surface area contributed by atoms with Crippen LogP contribution in [0, 0.1) is 24.2 Å². The molecule has 2 aliphatic rings. The Hall–Kier alpha value is -3.83. The van der Waals surface area contributed by atoms with Gasteiger partial charge in [-0.1, -0.05) is 36.4 Å². The van der Waals surface area contributed by atoms with E-state index in [9.17, 15) is 18.0 Å². The third-order valence-electron chi connectivity index (χ3n) is 7.59. The summed E-state index contributed by atoms with van der Waals surface area (Å²) in [5.41, 5.74) is 6.64. The summed E-state index contributed by atoms with van der Waals surface area (Å²) >= 11 is 0. The zero-order valence-corrected chi connectivity index (χ0v) is 21.8. The van der Waals surface area contributed by atoms with Gasteiger partial charge in [0.15, 0.2) is 0 Å². The maximum atomic E-state index is 13.1. The van der Waals surface area contributed by atoms with Gasteiger partial charge in [0.1, 0.15) is 5.75 Å². The number of ether oxygens (including phenoxy) is 1. The average molecular weight is 534 g/mol. The standard InChI is InChI=1S/C31H30F3N3O2/c1-21-14-26(15-22-10-12-36(13-11-22)18-24-4-2-23(17-35)3-5-24)16-27-20-37(30(38)29(21)27)19-25-6-8-28(9-7-25)39-31(32,33)34/h2-9,14,16,22H,10-13,15,18-20H2,1H3. The van der Waals surface area contributed by atoms with Gasteiger partial charge in [-0.2, -0.15) is 5.26 Å². The van der Waals surface area contributed by atoms with Crippen LogP contribution >= 0.6 is 0 Å². The maximum absolute atomic E-state index is 13.1. The van der Waals surface area contributed by atoms with Gasteiger partial charge in [-0.15, -0.1) is 13.2 Å². The number of rotatable bonds is 7. The number of fused-ring (bicyclic) bond motifs is 1. The summed E-state index contributed by atoms with van der Waals surface area (Å²) in [6.45, 7) is 5.76. The van der Waals surface area contributed by atoms with E-state index in [4.69, 9.17) is 5.26 Å². The van der Waals surface area contributed by atoms with Crippen molar-refractivity contribution in [3.8, 4) is 11.8 Å². The number of benzene rings is 3. The van der Waals surface area contributed by atoms with E-state index in [1.54, 1.807) is 17.0 Å². The third-order valence-corrected chi connectivity index (χ3v) is 7.59. The number of carbonyl (C=O) groups is 1. The number of amides is 1. The number of likely N-dealkylation sites (tertiary alicyclic amines) is 1. The Morgan fingerprint density at radius 3 is 2.23 bits per heavy atom. The maximum Gasteiger partial charge on any atom is 0.573 e. The molecule has 0 aromatic heterocycles. The molecule has 202 valence electrons. The Morgan fingerprint density at radius 1 is 0.949 bits per heavy atom. The van der Waals surface area contributed by atoms with Gasteiger partial charge < -0.3 is 9.64 Å². The summed E-state index contributed by atoms with van der Waals surface area (Å²) in [5, 5.41) is 8.98. The molecule has 0 atom stereocenters. The average Bonchev–Trinajstić information content (AvgIpc) is 3.21. The molecule has 5 rings (SSSR count). The Kier molecular flexibility index (Phi) is 7.62. The van der Waals surface area contributed by atoms with Gasteiger partial charge >= 0.3 is 6.36 Å². The third kappa shape index (κ3) is 6.61. The van der Waals surface area contributed by atoms with E-state index in [-0.39, 0.29) is 11.7 Å². The van der Waals surface area contributed by atoms with Crippen molar-refractivity contribution in [2.45, 2.75) is 52.2 Å². The summed E-state index contributed by atoms with van der Waals surface area (Å²) < 4.78 is 41.2. The molecule has 8 heteroatoms. The summed E-state index contributed by atoms with van der Waals surface area (Å²) in [7, 11) is 0. The molecule has 2 heterocycles. The van der Waals surface area contributed by atoms with E-state index in [0.29, 0.717) is 24.6 Å². The first kappa shape index (κ1) is 26.8. The van der Waals surface area contributed by atoms with Crippen LogP contribution in [0.25, 0.3) is 0 Å². The highest BCUT2D eigenvalue weighted by atomic mass is 19.4. The molecule has 5 nitrogen and oxygen atoms in total. The van der Waals surface area contributed by atoms with Gasteiger partial charge in [-0.05, 0) is 97.3 Å². The van der Waals surface area contributed by atoms with Gasteiger partial charge in [0.05, 0.1) is 11.6 Å². The molecule has 0 spiro atoms. The van der Waals surface area contributed by atoms with Gasteiger partial charge in [0.2, 0.25) is 0 Å². The Labute approximate surface area is 226 Å². The SMILES string of the molecule is Cc1cc(CC2CCN(Cc3ccc(C#N)cc3)CC2)cc2c1C(=O)N(Cc1ccc(OC(F)(F)F)cc1)C2. The number of alkyl halides is 3. The normalized spacial score (nSPS) is 16.3. The van der Waals surface area contributed by atoms with Crippen LogP contribution in [0.4, 0.5) is 13.2 Å². The molecular weight excluding hydrogens is 503 g/mol. The minimum Gasteiger partial charge on any atom is -0.406 e. The lowest BCUT2D eigenvalue weighted by molar-refractivity contribution is -0.274. The first-order valence-electron chi connectivity index (χ1n) is 13.1.